The molecule has 1 atom stereocenters. The number of nitrogens with one attached hydrogen (secondary N) is 2. The highest BCUT2D eigenvalue weighted by molar-refractivity contribution is 5.93. The quantitative estimate of drug-likeness (QED) is 0.509. The van der Waals surface area contributed by atoms with E-state index in [0.29, 0.717) is 5.69 Å². The van der Waals surface area contributed by atoms with Crippen LogP contribution in [0.1, 0.15) is 23.5 Å². The van der Waals surface area contributed by atoms with Gasteiger partial charge in [-0.1, -0.05) is 18.2 Å². The number of carboxylic acid groups (broad SMARTS) is 1. The van der Waals surface area contributed by atoms with E-state index >= 15 is 0 Å². The van der Waals surface area contributed by atoms with Gasteiger partial charge in [0.1, 0.15) is 6.04 Å². The summed E-state index contributed by atoms with van der Waals surface area (Å²) in [6, 6.07) is 7.06. The summed E-state index contributed by atoms with van der Waals surface area (Å²) < 4.78 is 0.980. The summed E-state index contributed by atoms with van der Waals surface area (Å²) in [5, 5.41) is 15.1. The molecule has 0 aliphatic heterocycles. The number of aromatic nitrogens is 3. The SMILES string of the molecule is NC(=O)CCC(NC(=O)c1nn(-c2ccccc2)c(=O)[nH]1)C(=O)O. The fourth-order valence-corrected chi connectivity index (χ4v) is 1.94. The zero-order valence-corrected chi connectivity index (χ0v) is 12.4. The van der Waals surface area contributed by atoms with Gasteiger partial charge in [0.15, 0.2) is 0 Å². The maximum absolute atomic E-state index is 12.1. The molecule has 126 valence electrons. The van der Waals surface area contributed by atoms with Gasteiger partial charge in [-0.2, -0.15) is 4.68 Å². The predicted molar refractivity (Wildman–Crippen MR) is 81.5 cm³/mol. The lowest BCUT2D eigenvalue weighted by molar-refractivity contribution is -0.139. The largest absolute Gasteiger partial charge is 0.480 e. The summed E-state index contributed by atoms with van der Waals surface area (Å²) in [6.45, 7) is 0. The van der Waals surface area contributed by atoms with Crippen LogP contribution in [0.2, 0.25) is 0 Å². The standard InChI is InChI=1S/C14H15N5O5/c15-10(20)7-6-9(13(22)23)16-12(21)11-17-14(24)19(18-11)8-4-2-1-3-5-8/h1-5,9H,6-7H2,(H2,15,20)(H,16,21)(H,22,23)(H,17,18,24). The maximum atomic E-state index is 12.1. The van der Waals surface area contributed by atoms with Crippen LogP contribution >= 0.6 is 0 Å². The van der Waals surface area contributed by atoms with Crippen LogP contribution in [-0.2, 0) is 9.59 Å². The Bertz CT molecular complexity index is 810. The molecule has 0 spiro atoms. The number of nitrogens with zero attached hydrogens (tertiary/aromatic N) is 2. The van der Waals surface area contributed by atoms with E-state index in [9.17, 15) is 19.2 Å². The molecule has 0 bridgehead atoms. The van der Waals surface area contributed by atoms with Crippen molar-refractivity contribution in [3.63, 3.8) is 0 Å². The number of H-pyrrole nitrogens is 1. The van der Waals surface area contributed by atoms with Crippen molar-refractivity contribution in [2.75, 3.05) is 0 Å². The Morgan fingerprint density at radius 3 is 2.54 bits per heavy atom. The summed E-state index contributed by atoms with van der Waals surface area (Å²) in [5.41, 5.74) is 4.77. The third kappa shape index (κ3) is 4.06. The number of amides is 2. The van der Waals surface area contributed by atoms with Crippen molar-refractivity contribution in [3.05, 3.63) is 46.6 Å². The summed E-state index contributed by atoms with van der Waals surface area (Å²) >= 11 is 0. The Balaban J connectivity index is 2.16. The minimum absolute atomic E-state index is 0.167. The van der Waals surface area contributed by atoms with Crippen LogP contribution in [0.3, 0.4) is 0 Å². The minimum atomic E-state index is -1.32. The van der Waals surface area contributed by atoms with Crippen LogP contribution in [0.4, 0.5) is 0 Å². The number of rotatable bonds is 7. The average molecular weight is 333 g/mol. The summed E-state index contributed by atoms with van der Waals surface area (Å²) in [6.07, 6.45) is -0.369. The summed E-state index contributed by atoms with van der Waals surface area (Å²) in [7, 11) is 0. The number of benzene rings is 1. The zero-order valence-electron chi connectivity index (χ0n) is 12.4. The molecule has 10 nitrogen and oxygen atoms in total. The zero-order chi connectivity index (χ0) is 17.7. The second kappa shape index (κ2) is 7.22. The summed E-state index contributed by atoms with van der Waals surface area (Å²) in [5.74, 6) is -3.22. The molecule has 0 saturated carbocycles. The van der Waals surface area contributed by atoms with Crippen LogP contribution in [0, 0.1) is 0 Å². The minimum Gasteiger partial charge on any atom is -0.480 e. The highest BCUT2D eigenvalue weighted by Gasteiger charge is 2.23. The number of aromatic amines is 1. The fourth-order valence-electron chi connectivity index (χ4n) is 1.94. The van der Waals surface area contributed by atoms with E-state index in [1.807, 2.05) is 0 Å². The molecule has 1 aromatic carbocycles. The number of nitrogens with two attached hydrogens (primary N) is 1. The lowest BCUT2D eigenvalue weighted by Gasteiger charge is -2.12. The van der Waals surface area contributed by atoms with Crippen molar-refractivity contribution in [2.24, 2.45) is 5.73 Å². The molecule has 0 aliphatic rings. The molecule has 2 rings (SSSR count). The van der Waals surface area contributed by atoms with Gasteiger partial charge in [-0.25, -0.2) is 9.59 Å². The van der Waals surface area contributed by atoms with E-state index in [1.165, 1.54) is 0 Å². The number of hydrogen-bond donors (Lipinski definition) is 4. The monoisotopic (exact) mass is 333 g/mol. The van der Waals surface area contributed by atoms with Gasteiger partial charge in [-0.15, -0.1) is 5.10 Å². The summed E-state index contributed by atoms with van der Waals surface area (Å²) in [4.78, 5) is 48.0. The molecular weight excluding hydrogens is 318 g/mol. The van der Waals surface area contributed by atoms with Crippen molar-refractivity contribution < 1.29 is 19.5 Å². The Hall–Kier alpha value is -3.43. The second-order valence-corrected chi connectivity index (χ2v) is 4.90. The van der Waals surface area contributed by atoms with Crippen molar-refractivity contribution in [3.8, 4) is 5.69 Å². The molecule has 0 radical (unpaired) electrons. The molecule has 1 aromatic heterocycles. The Morgan fingerprint density at radius 1 is 1.29 bits per heavy atom. The molecule has 2 amide bonds. The van der Waals surface area contributed by atoms with Crippen LogP contribution in [0.15, 0.2) is 35.1 Å². The third-order valence-electron chi connectivity index (χ3n) is 3.12. The van der Waals surface area contributed by atoms with E-state index in [1.54, 1.807) is 30.3 Å². The normalized spacial score (nSPS) is 11.7. The Labute approximate surface area is 135 Å². The van der Waals surface area contributed by atoms with Crippen molar-refractivity contribution >= 4 is 17.8 Å². The van der Waals surface area contributed by atoms with Crippen LogP contribution in [0.5, 0.6) is 0 Å². The first-order chi connectivity index (χ1) is 11.4. The van der Waals surface area contributed by atoms with Gasteiger partial charge in [0.05, 0.1) is 5.69 Å². The average Bonchev–Trinajstić information content (AvgIpc) is 2.93. The van der Waals surface area contributed by atoms with E-state index in [4.69, 9.17) is 10.8 Å². The predicted octanol–water partition coefficient (Wildman–Crippen LogP) is -0.991. The highest BCUT2D eigenvalue weighted by atomic mass is 16.4. The Morgan fingerprint density at radius 2 is 1.96 bits per heavy atom. The smallest absolute Gasteiger partial charge is 0.348 e. The van der Waals surface area contributed by atoms with Crippen LogP contribution < -0.4 is 16.7 Å². The van der Waals surface area contributed by atoms with Gasteiger partial charge in [0.25, 0.3) is 5.91 Å². The highest BCUT2D eigenvalue weighted by Crippen LogP contribution is 2.03. The first kappa shape index (κ1) is 16.9. The number of para-hydroxylation sites is 1. The van der Waals surface area contributed by atoms with Gasteiger partial charge in [0.2, 0.25) is 11.7 Å². The molecule has 5 N–H and O–H groups in total. The fraction of sp³-hybridized carbons (Fsp3) is 0.214. The molecule has 1 heterocycles. The number of carboxylic acids is 1. The van der Waals surface area contributed by atoms with Crippen LogP contribution in [0.25, 0.3) is 5.69 Å². The van der Waals surface area contributed by atoms with E-state index in [2.05, 4.69) is 15.4 Å². The van der Waals surface area contributed by atoms with E-state index < -0.39 is 29.5 Å². The van der Waals surface area contributed by atoms with E-state index in [0.717, 1.165) is 4.68 Å². The van der Waals surface area contributed by atoms with Crippen molar-refractivity contribution in [1.82, 2.24) is 20.1 Å². The number of carbonyl (C=O) groups is 3. The molecule has 2 aromatic rings. The molecular formula is C14H15N5O5. The topological polar surface area (TPSA) is 160 Å². The second-order valence-electron chi connectivity index (χ2n) is 4.90. The van der Waals surface area contributed by atoms with Gasteiger partial charge >= 0.3 is 11.7 Å². The molecule has 24 heavy (non-hydrogen) atoms. The molecule has 10 heteroatoms. The third-order valence-corrected chi connectivity index (χ3v) is 3.12. The molecule has 0 aliphatic carbocycles. The maximum Gasteiger partial charge on any atom is 0.348 e. The van der Waals surface area contributed by atoms with Crippen molar-refractivity contribution in [1.29, 1.82) is 0 Å². The van der Waals surface area contributed by atoms with Gasteiger partial charge in [-0.3, -0.25) is 14.6 Å². The van der Waals surface area contributed by atoms with Gasteiger partial charge < -0.3 is 16.2 Å². The number of hydrogen-bond acceptors (Lipinski definition) is 5. The van der Waals surface area contributed by atoms with Gasteiger partial charge in [0, 0.05) is 6.42 Å². The van der Waals surface area contributed by atoms with E-state index in [-0.39, 0.29) is 18.7 Å². The van der Waals surface area contributed by atoms with Crippen molar-refractivity contribution in [2.45, 2.75) is 18.9 Å². The van der Waals surface area contributed by atoms with Gasteiger partial charge in [-0.05, 0) is 18.6 Å². The number of carbonyl (C=O) groups excluding carboxylic acids is 2. The lowest BCUT2D eigenvalue weighted by atomic mass is 10.1. The van der Waals surface area contributed by atoms with Crippen LogP contribution in [-0.4, -0.2) is 43.7 Å². The molecule has 0 fully saturated rings. The first-order valence-electron chi connectivity index (χ1n) is 6.95. The molecule has 1 unspecified atom stereocenters. The lowest BCUT2D eigenvalue weighted by Crippen LogP contribution is -2.41. The number of primary amides is 1. The molecule has 0 saturated heterocycles. The first-order valence-corrected chi connectivity index (χ1v) is 6.95. The number of aliphatic carboxylic acids is 1. The Kier molecular flexibility index (Phi) is 5.09.